The van der Waals surface area contributed by atoms with Gasteiger partial charge in [-0.3, -0.25) is 14.5 Å². The van der Waals surface area contributed by atoms with E-state index in [1.165, 1.54) is 4.90 Å². The molecule has 1 aliphatic rings. The molecule has 0 bridgehead atoms. The molecule has 7 nitrogen and oxygen atoms in total. The van der Waals surface area contributed by atoms with Crippen molar-refractivity contribution in [2.45, 2.75) is 32.2 Å². The Balaban J connectivity index is 1.46. The van der Waals surface area contributed by atoms with Gasteiger partial charge in [-0.05, 0) is 43.9 Å². The molecule has 0 N–H and O–H groups in total. The fourth-order valence-electron chi connectivity index (χ4n) is 2.78. The molecule has 0 spiro atoms. The molecule has 1 aliphatic heterocycles. The second-order valence-electron chi connectivity index (χ2n) is 6.23. The lowest BCUT2D eigenvalue weighted by atomic mass is 10.0. The van der Waals surface area contributed by atoms with E-state index in [4.69, 9.17) is 4.74 Å². The zero-order chi connectivity index (χ0) is 17.8. The minimum atomic E-state index is -0.492. The standard InChI is InChI=1S/C18H22N4O3/c1-13-11-15(20-21(13)2)17(23)22-9-7-16(22)18(24)25-10-4-6-14-5-3-8-19-12-14/h3,5,8,11-12,16H,4,6-7,9-10H2,1-2H3. The highest BCUT2D eigenvalue weighted by Gasteiger charge is 2.39. The number of hydrogen-bond acceptors (Lipinski definition) is 5. The number of likely N-dealkylation sites (tertiary alicyclic amines) is 1. The summed E-state index contributed by atoms with van der Waals surface area (Å²) in [5, 5.41) is 4.18. The number of rotatable bonds is 6. The highest BCUT2D eigenvalue weighted by atomic mass is 16.5. The van der Waals surface area contributed by atoms with Gasteiger partial charge in [-0.2, -0.15) is 5.10 Å². The first-order valence-corrected chi connectivity index (χ1v) is 8.43. The van der Waals surface area contributed by atoms with Gasteiger partial charge in [-0.1, -0.05) is 6.07 Å². The molecule has 2 aromatic heterocycles. The minimum absolute atomic E-state index is 0.216. The molecule has 2 aromatic rings. The maximum Gasteiger partial charge on any atom is 0.328 e. The van der Waals surface area contributed by atoms with Crippen LogP contribution >= 0.6 is 0 Å². The number of nitrogens with zero attached hydrogens (tertiary/aromatic N) is 4. The number of amides is 1. The van der Waals surface area contributed by atoms with Crippen LogP contribution in [-0.2, 0) is 23.0 Å². The third-order valence-corrected chi connectivity index (χ3v) is 4.46. The van der Waals surface area contributed by atoms with Gasteiger partial charge in [-0.25, -0.2) is 4.79 Å². The first-order chi connectivity index (χ1) is 12.1. The molecule has 1 unspecified atom stereocenters. The molecular weight excluding hydrogens is 320 g/mol. The molecule has 3 heterocycles. The molecule has 1 atom stereocenters. The SMILES string of the molecule is Cc1cc(C(=O)N2CCC2C(=O)OCCCc2cccnc2)nn1C. The van der Waals surface area contributed by atoms with Crippen molar-refractivity contribution in [1.82, 2.24) is 19.7 Å². The van der Waals surface area contributed by atoms with Crippen LogP contribution in [0.5, 0.6) is 0 Å². The molecule has 0 aromatic carbocycles. The number of pyridine rings is 1. The summed E-state index contributed by atoms with van der Waals surface area (Å²) >= 11 is 0. The number of aryl methyl sites for hydroxylation is 3. The van der Waals surface area contributed by atoms with E-state index in [1.807, 2.05) is 25.3 Å². The van der Waals surface area contributed by atoms with Crippen LogP contribution in [-0.4, -0.2) is 50.7 Å². The van der Waals surface area contributed by atoms with E-state index in [1.54, 1.807) is 24.0 Å². The fourth-order valence-corrected chi connectivity index (χ4v) is 2.78. The van der Waals surface area contributed by atoms with E-state index < -0.39 is 6.04 Å². The van der Waals surface area contributed by atoms with Gasteiger partial charge in [-0.15, -0.1) is 0 Å². The minimum Gasteiger partial charge on any atom is -0.464 e. The Morgan fingerprint density at radius 3 is 2.84 bits per heavy atom. The molecular formula is C18H22N4O3. The van der Waals surface area contributed by atoms with Crippen LogP contribution in [0.4, 0.5) is 0 Å². The highest BCUT2D eigenvalue weighted by Crippen LogP contribution is 2.21. The number of aromatic nitrogens is 3. The number of hydrogen-bond donors (Lipinski definition) is 0. The van der Waals surface area contributed by atoms with Crippen molar-refractivity contribution in [2.75, 3.05) is 13.2 Å². The van der Waals surface area contributed by atoms with Gasteiger partial charge in [0.15, 0.2) is 5.69 Å². The highest BCUT2D eigenvalue weighted by molar-refractivity contribution is 5.96. The summed E-state index contributed by atoms with van der Waals surface area (Å²) in [6.07, 6.45) is 5.72. The summed E-state index contributed by atoms with van der Waals surface area (Å²) in [7, 11) is 1.79. The first-order valence-electron chi connectivity index (χ1n) is 8.43. The Morgan fingerprint density at radius 1 is 1.40 bits per heavy atom. The zero-order valence-corrected chi connectivity index (χ0v) is 14.5. The Kier molecular flexibility index (Phi) is 5.11. The topological polar surface area (TPSA) is 77.3 Å². The lowest BCUT2D eigenvalue weighted by Crippen LogP contribution is -2.55. The third-order valence-electron chi connectivity index (χ3n) is 4.46. The van der Waals surface area contributed by atoms with Crippen molar-refractivity contribution in [3.05, 3.63) is 47.5 Å². The smallest absolute Gasteiger partial charge is 0.328 e. The summed E-state index contributed by atoms with van der Waals surface area (Å²) < 4.78 is 6.99. The van der Waals surface area contributed by atoms with E-state index in [9.17, 15) is 9.59 Å². The van der Waals surface area contributed by atoms with Crippen LogP contribution in [0.15, 0.2) is 30.6 Å². The van der Waals surface area contributed by atoms with Gasteiger partial charge in [0.2, 0.25) is 0 Å². The lowest BCUT2D eigenvalue weighted by molar-refractivity contribution is -0.153. The van der Waals surface area contributed by atoms with Crippen molar-refractivity contribution in [2.24, 2.45) is 7.05 Å². The Labute approximate surface area is 146 Å². The van der Waals surface area contributed by atoms with Gasteiger partial charge < -0.3 is 9.64 Å². The average molecular weight is 342 g/mol. The van der Waals surface area contributed by atoms with Crippen molar-refractivity contribution in [1.29, 1.82) is 0 Å². The van der Waals surface area contributed by atoms with Gasteiger partial charge in [0.25, 0.3) is 5.91 Å². The van der Waals surface area contributed by atoms with Gasteiger partial charge in [0.1, 0.15) is 6.04 Å². The fraction of sp³-hybridized carbons (Fsp3) is 0.444. The number of carbonyl (C=O) groups excluding carboxylic acids is 2. The third kappa shape index (κ3) is 3.87. The van der Waals surface area contributed by atoms with Crippen molar-refractivity contribution in [3.63, 3.8) is 0 Å². The maximum absolute atomic E-state index is 12.5. The second kappa shape index (κ2) is 7.46. The van der Waals surface area contributed by atoms with Crippen LogP contribution in [0.1, 0.15) is 34.6 Å². The average Bonchev–Trinajstić information content (AvgIpc) is 2.91. The zero-order valence-electron chi connectivity index (χ0n) is 14.5. The normalized spacial score (nSPS) is 16.4. The van der Waals surface area contributed by atoms with E-state index >= 15 is 0 Å². The molecule has 1 fully saturated rings. The van der Waals surface area contributed by atoms with Crippen molar-refractivity contribution in [3.8, 4) is 0 Å². The second-order valence-corrected chi connectivity index (χ2v) is 6.23. The van der Waals surface area contributed by atoms with Gasteiger partial charge in [0, 0.05) is 31.7 Å². The van der Waals surface area contributed by atoms with E-state index in [-0.39, 0.29) is 11.9 Å². The van der Waals surface area contributed by atoms with E-state index in [2.05, 4.69) is 10.1 Å². The quantitative estimate of drug-likeness (QED) is 0.587. The summed E-state index contributed by atoms with van der Waals surface area (Å²) in [5.74, 6) is -0.550. The number of esters is 1. The molecule has 25 heavy (non-hydrogen) atoms. The Morgan fingerprint density at radius 2 is 2.24 bits per heavy atom. The molecule has 1 saturated heterocycles. The van der Waals surface area contributed by atoms with Crippen LogP contribution in [0.3, 0.4) is 0 Å². The maximum atomic E-state index is 12.5. The van der Waals surface area contributed by atoms with Crippen molar-refractivity contribution >= 4 is 11.9 Å². The molecule has 0 aliphatic carbocycles. The molecule has 3 rings (SSSR count). The van der Waals surface area contributed by atoms with Crippen LogP contribution in [0.25, 0.3) is 0 Å². The van der Waals surface area contributed by atoms with E-state index in [0.29, 0.717) is 25.3 Å². The summed E-state index contributed by atoms with van der Waals surface area (Å²) in [5.41, 5.74) is 2.39. The summed E-state index contributed by atoms with van der Waals surface area (Å²) in [6, 6.07) is 5.12. The first kappa shape index (κ1) is 17.1. The van der Waals surface area contributed by atoms with E-state index in [0.717, 1.165) is 24.1 Å². The van der Waals surface area contributed by atoms with Crippen LogP contribution < -0.4 is 0 Å². The largest absolute Gasteiger partial charge is 0.464 e. The lowest BCUT2D eigenvalue weighted by Gasteiger charge is -2.38. The number of carbonyl (C=O) groups is 2. The predicted molar refractivity (Wildman–Crippen MR) is 90.9 cm³/mol. The van der Waals surface area contributed by atoms with Crippen molar-refractivity contribution < 1.29 is 14.3 Å². The predicted octanol–water partition coefficient (Wildman–Crippen LogP) is 1.51. The van der Waals surface area contributed by atoms with Gasteiger partial charge in [0.05, 0.1) is 6.61 Å². The molecule has 132 valence electrons. The molecule has 7 heteroatoms. The molecule has 0 saturated carbocycles. The summed E-state index contributed by atoms with van der Waals surface area (Å²) in [4.78, 5) is 30.2. The number of ether oxygens (including phenoxy) is 1. The van der Waals surface area contributed by atoms with Crippen LogP contribution in [0, 0.1) is 6.92 Å². The molecule has 1 amide bonds. The summed E-state index contributed by atoms with van der Waals surface area (Å²) in [6.45, 7) is 2.78. The molecule has 0 radical (unpaired) electrons. The Hall–Kier alpha value is -2.70. The Bertz CT molecular complexity index is 737. The van der Waals surface area contributed by atoms with Gasteiger partial charge >= 0.3 is 5.97 Å². The monoisotopic (exact) mass is 342 g/mol. The van der Waals surface area contributed by atoms with Crippen LogP contribution in [0.2, 0.25) is 0 Å².